The third kappa shape index (κ3) is 3.06. The van der Waals surface area contributed by atoms with Gasteiger partial charge in [0.2, 0.25) is 0 Å². The maximum absolute atomic E-state index is 11.0. The molecule has 0 atom stereocenters. The van der Waals surface area contributed by atoms with Gasteiger partial charge in [-0.05, 0) is 61.7 Å². The van der Waals surface area contributed by atoms with Crippen molar-refractivity contribution in [3.05, 3.63) is 58.2 Å². The zero-order chi connectivity index (χ0) is 16.6. The summed E-state index contributed by atoms with van der Waals surface area (Å²) in [6.45, 7) is 6.19. The van der Waals surface area contributed by atoms with Crippen LogP contribution in [0.5, 0.6) is 17.2 Å². The molecule has 4 nitrogen and oxygen atoms in total. The van der Waals surface area contributed by atoms with Crippen LogP contribution < -0.4 is 9.47 Å². The van der Waals surface area contributed by atoms with Crippen molar-refractivity contribution in [3.8, 4) is 17.2 Å². The summed E-state index contributed by atoms with van der Waals surface area (Å²) in [4.78, 5) is 11.0. The van der Waals surface area contributed by atoms with E-state index in [1.165, 1.54) is 5.56 Å². The van der Waals surface area contributed by atoms with Crippen molar-refractivity contribution >= 4 is 12.0 Å². The van der Waals surface area contributed by atoms with Crippen molar-refractivity contribution in [2.75, 3.05) is 6.61 Å². The van der Waals surface area contributed by atoms with Gasteiger partial charge in [-0.25, -0.2) is 4.79 Å². The SMILES string of the molecule is Cc1cc(C)c(C)c(Oc2ccc3c(c2)OCC(C(=O)O)=C3)c1. The Labute approximate surface area is 135 Å². The largest absolute Gasteiger partial charge is 0.488 e. The predicted molar refractivity (Wildman–Crippen MR) is 88.3 cm³/mol. The molecule has 0 saturated carbocycles. The number of carboxylic acid groups (broad SMARTS) is 1. The lowest BCUT2D eigenvalue weighted by Gasteiger charge is -2.17. The fourth-order valence-electron chi connectivity index (χ4n) is 2.56. The Bertz CT molecular complexity index is 818. The van der Waals surface area contributed by atoms with Crippen LogP contribution >= 0.6 is 0 Å². The van der Waals surface area contributed by atoms with Crippen molar-refractivity contribution in [3.63, 3.8) is 0 Å². The van der Waals surface area contributed by atoms with Gasteiger partial charge >= 0.3 is 5.97 Å². The van der Waals surface area contributed by atoms with E-state index in [0.717, 1.165) is 22.4 Å². The van der Waals surface area contributed by atoms with Crippen molar-refractivity contribution in [1.82, 2.24) is 0 Å². The van der Waals surface area contributed by atoms with Gasteiger partial charge in [0.05, 0.1) is 5.57 Å². The van der Waals surface area contributed by atoms with E-state index in [4.69, 9.17) is 14.6 Å². The minimum absolute atomic E-state index is 0.0639. The third-order valence-electron chi connectivity index (χ3n) is 3.96. The summed E-state index contributed by atoms with van der Waals surface area (Å²) >= 11 is 0. The van der Waals surface area contributed by atoms with Gasteiger partial charge in [0.1, 0.15) is 23.9 Å². The molecule has 1 aliphatic heterocycles. The highest BCUT2D eigenvalue weighted by atomic mass is 16.5. The number of hydrogen-bond acceptors (Lipinski definition) is 3. The molecule has 4 heteroatoms. The van der Waals surface area contributed by atoms with Crippen LogP contribution in [0.25, 0.3) is 6.08 Å². The van der Waals surface area contributed by atoms with Crippen LogP contribution in [0.3, 0.4) is 0 Å². The van der Waals surface area contributed by atoms with Crippen LogP contribution in [-0.4, -0.2) is 17.7 Å². The number of benzene rings is 2. The first-order valence-corrected chi connectivity index (χ1v) is 7.40. The molecule has 0 aliphatic carbocycles. The Morgan fingerprint density at radius 3 is 2.70 bits per heavy atom. The average molecular weight is 310 g/mol. The van der Waals surface area contributed by atoms with Crippen LogP contribution in [0.2, 0.25) is 0 Å². The fourth-order valence-corrected chi connectivity index (χ4v) is 2.56. The second-order valence-electron chi connectivity index (χ2n) is 5.77. The molecule has 0 amide bonds. The number of carbonyl (C=O) groups is 1. The monoisotopic (exact) mass is 310 g/mol. The molecule has 3 rings (SSSR count). The molecule has 0 radical (unpaired) electrons. The molecule has 118 valence electrons. The Morgan fingerprint density at radius 1 is 1.17 bits per heavy atom. The molecule has 0 aromatic heterocycles. The van der Waals surface area contributed by atoms with E-state index >= 15 is 0 Å². The first-order chi connectivity index (χ1) is 10.9. The zero-order valence-corrected chi connectivity index (χ0v) is 13.3. The Morgan fingerprint density at radius 2 is 1.96 bits per heavy atom. The lowest BCUT2D eigenvalue weighted by atomic mass is 10.1. The summed E-state index contributed by atoms with van der Waals surface area (Å²) in [5.74, 6) is 1.17. The molecule has 0 unspecified atom stereocenters. The normalized spacial score (nSPS) is 12.9. The summed E-state index contributed by atoms with van der Waals surface area (Å²) in [5.41, 5.74) is 4.42. The lowest BCUT2D eigenvalue weighted by Crippen LogP contribution is -2.14. The lowest BCUT2D eigenvalue weighted by molar-refractivity contribution is -0.132. The second-order valence-corrected chi connectivity index (χ2v) is 5.77. The number of rotatable bonds is 3. The van der Waals surface area contributed by atoms with Crippen LogP contribution in [0.4, 0.5) is 0 Å². The fraction of sp³-hybridized carbons (Fsp3) is 0.211. The Kier molecular flexibility index (Phi) is 3.82. The molecule has 1 aliphatic rings. The summed E-state index contributed by atoms with van der Waals surface area (Å²) in [6.07, 6.45) is 1.63. The number of carboxylic acids is 1. The van der Waals surface area contributed by atoms with Crippen LogP contribution in [0.15, 0.2) is 35.9 Å². The van der Waals surface area contributed by atoms with Gasteiger partial charge in [-0.15, -0.1) is 0 Å². The highest BCUT2D eigenvalue weighted by Crippen LogP contribution is 2.34. The van der Waals surface area contributed by atoms with E-state index in [2.05, 4.69) is 13.0 Å². The van der Waals surface area contributed by atoms with Crippen molar-refractivity contribution < 1.29 is 19.4 Å². The minimum atomic E-state index is -0.957. The standard InChI is InChI=1S/C19H18O4/c1-11-6-12(2)13(3)17(7-11)23-16-5-4-14-8-15(19(20)21)10-22-18(14)9-16/h4-9H,10H2,1-3H3,(H,20,21). The smallest absolute Gasteiger partial charge is 0.335 e. The molecule has 1 N–H and O–H groups in total. The van der Waals surface area contributed by atoms with E-state index < -0.39 is 5.97 Å². The molecular formula is C19H18O4. The number of hydrogen-bond donors (Lipinski definition) is 1. The van der Waals surface area contributed by atoms with Crippen LogP contribution in [-0.2, 0) is 4.79 Å². The van der Waals surface area contributed by atoms with E-state index in [1.807, 2.05) is 32.0 Å². The summed E-state index contributed by atoms with van der Waals surface area (Å²) in [7, 11) is 0. The molecular weight excluding hydrogens is 292 g/mol. The Hall–Kier alpha value is -2.75. The first-order valence-electron chi connectivity index (χ1n) is 7.40. The summed E-state index contributed by atoms with van der Waals surface area (Å²) in [5, 5.41) is 9.02. The highest BCUT2D eigenvalue weighted by Gasteiger charge is 2.17. The highest BCUT2D eigenvalue weighted by molar-refractivity contribution is 5.93. The van der Waals surface area contributed by atoms with Gasteiger partial charge in [0, 0.05) is 11.6 Å². The van der Waals surface area contributed by atoms with E-state index in [0.29, 0.717) is 11.5 Å². The summed E-state index contributed by atoms with van der Waals surface area (Å²) in [6, 6.07) is 9.55. The maximum atomic E-state index is 11.0. The van der Waals surface area contributed by atoms with Gasteiger partial charge in [0.25, 0.3) is 0 Å². The van der Waals surface area contributed by atoms with Gasteiger partial charge < -0.3 is 14.6 Å². The van der Waals surface area contributed by atoms with Gasteiger partial charge in [-0.3, -0.25) is 0 Å². The van der Waals surface area contributed by atoms with Crippen molar-refractivity contribution in [2.45, 2.75) is 20.8 Å². The second kappa shape index (κ2) is 5.80. The maximum Gasteiger partial charge on any atom is 0.335 e. The average Bonchev–Trinajstić information content (AvgIpc) is 2.51. The van der Waals surface area contributed by atoms with Crippen molar-refractivity contribution in [2.24, 2.45) is 0 Å². The van der Waals surface area contributed by atoms with E-state index in [9.17, 15) is 4.79 Å². The van der Waals surface area contributed by atoms with Crippen LogP contribution in [0.1, 0.15) is 22.3 Å². The Balaban J connectivity index is 1.91. The number of aryl methyl sites for hydroxylation is 2. The predicted octanol–water partition coefficient (Wildman–Crippen LogP) is 4.26. The quantitative estimate of drug-likeness (QED) is 0.920. The van der Waals surface area contributed by atoms with Crippen molar-refractivity contribution in [1.29, 1.82) is 0 Å². The molecule has 0 spiro atoms. The molecule has 2 aromatic carbocycles. The molecule has 1 heterocycles. The molecule has 0 fully saturated rings. The molecule has 23 heavy (non-hydrogen) atoms. The summed E-state index contributed by atoms with van der Waals surface area (Å²) < 4.78 is 11.5. The van der Waals surface area contributed by atoms with E-state index in [1.54, 1.807) is 12.1 Å². The number of ether oxygens (including phenoxy) is 2. The molecule has 2 aromatic rings. The zero-order valence-electron chi connectivity index (χ0n) is 13.3. The number of aliphatic carboxylic acids is 1. The van der Waals surface area contributed by atoms with Crippen LogP contribution in [0, 0.1) is 20.8 Å². The molecule has 0 bridgehead atoms. The minimum Gasteiger partial charge on any atom is -0.488 e. The van der Waals surface area contributed by atoms with E-state index in [-0.39, 0.29) is 12.2 Å². The topological polar surface area (TPSA) is 55.8 Å². The first kappa shape index (κ1) is 15.2. The third-order valence-corrected chi connectivity index (χ3v) is 3.96. The van der Waals surface area contributed by atoms with Gasteiger partial charge in [0.15, 0.2) is 0 Å². The van der Waals surface area contributed by atoms with Gasteiger partial charge in [-0.1, -0.05) is 6.07 Å². The molecule has 0 saturated heterocycles. The van der Waals surface area contributed by atoms with Gasteiger partial charge in [-0.2, -0.15) is 0 Å². The number of fused-ring (bicyclic) bond motifs is 1.